The fourth-order valence-electron chi connectivity index (χ4n) is 9.90. The molecule has 10 aromatic carbocycles. The van der Waals surface area contributed by atoms with Crippen molar-refractivity contribution in [3.05, 3.63) is 260 Å². The van der Waals surface area contributed by atoms with Crippen LogP contribution in [0.5, 0.6) is 0 Å². The molecule has 0 atom stereocenters. The van der Waals surface area contributed by atoms with Gasteiger partial charge in [0.25, 0.3) is 0 Å². The second kappa shape index (κ2) is 16.4. The summed E-state index contributed by atoms with van der Waals surface area (Å²) in [6, 6.07) is 90.9. The standard InChI is InChI=1S/C63H47N/c1-63(2)60-32-18-16-30-57(60)59-43-52(38-39-61(59)63)64(51-36-34-46(35-37-51)50-41-48(44-20-6-3-7-21-44)40-49(42-50)45-22-8-4-9-23-45)62-33-19-17-31-58(62)56-29-15-14-28-55(56)54-27-13-12-26-53(54)47-24-10-5-11-25-47/h3-43H,1-2H3. The molecular weight excluding hydrogens is 771 g/mol. The number of nitrogens with zero attached hydrogens (tertiary/aromatic N) is 1. The van der Waals surface area contributed by atoms with Crippen molar-refractivity contribution < 1.29 is 0 Å². The molecule has 64 heavy (non-hydrogen) atoms. The van der Waals surface area contributed by atoms with E-state index in [9.17, 15) is 0 Å². The van der Waals surface area contributed by atoms with Crippen molar-refractivity contribution in [1.29, 1.82) is 0 Å². The minimum absolute atomic E-state index is 0.0905. The van der Waals surface area contributed by atoms with Gasteiger partial charge in [0.15, 0.2) is 0 Å². The first-order valence-corrected chi connectivity index (χ1v) is 22.3. The van der Waals surface area contributed by atoms with Crippen LogP contribution in [0.25, 0.3) is 77.9 Å². The molecule has 0 amide bonds. The molecule has 1 aliphatic rings. The summed E-state index contributed by atoms with van der Waals surface area (Å²) in [5.41, 5.74) is 22.9. The van der Waals surface area contributed by atoms with Crippen molar-refractivity contribution in [3.8, 4) is 77.9 Å². The Morgan fingerprint density at radius 3 is 1.22 bits per heavy atom. The molecule has 0 unspecified atom stereocenters. The molecule has 0 saturated heterocycles. The summed E-state index contributed by atoms with van der Waals surface area (Å²) in [4.78, 5) is 2.46. The number of para-hydroxylation sites is 1. The van der Waals surface area contributed by atoms with Crippen molar-refractivity contribution in [2.24, 2.45) is 0 Å². The predicted molar refractivity (Wildman–Crippen MR) is 271 cm³/mol. The van der Waals surface area contributed by atoms with E-state index in [2.05, 4.69) is 267 Å². The van der Waals surface area contributed by atoms with Crippen LogP contribution in [-0.2, 0) is 5.41 Å². The van der Waals surface area contributed by atoms with Gasteiger partial charge in [0, 0.05) is 22.4 Å². The first-order chi connectivity index (χ1) is 31.5. The fourth-order valence-corrected chi connectivity index (χ4v) is 9.90. The van der Waals surface area contributed by atoms with Gasteiger partial charge in [-0.15, -0.1) is 0 Å². The zero-order valence-corrected chi connectivity index (χ0v) is 36.1. The van der Waals surface area contributed by atoms with Crippen LogP contribution in [0, 0.1) is 0 Å². The summed E-state index contributed by atoms with van der Waals surface area (Å²) in [5.74, 6) is 0. The van der Waals surface area contributed by atoms with Crippen molar-refractivity contribution in [2.75, 3.05) is 4.90 Å². The molecule has 0 fully saturated rings. The highest BCUT2D eigenvalue weighted by Crippen LogP contribution is 2.52. The van der Waals surface area contributed by atoms with Gasteiger partial charge in [-0.2, -0.15) is 0 Å². The molecule has 0 bridgehead atoms. The van der Waals surface area contributed by atoms with E-state index >= 15 is 0 Å². The van der Waals surface area contributed by atoms with Crippen LogP contribution in [0.1, 0.15) is 25.0 Å². The predicted octanol–water partition coefficient (Wildman–Crippen LogP) is 17.5. The zero-order valence-electron chi connectivity index (χ0n) is 36.1. The fraction of sp³-hybridized carbons (Fsp3) is 0.0476. The molecule has 0 saturated carbocycles. The molecule has 1 heteroatoms. The third-order valence-electron chi connectivity index (χ3n) is 13.1. The van der Waals surface area contributed by atoms with Crippen molar-refractivity contribution in [1.82, 2.24) is 0 Å². The maximum absolute atomic E-state index is 2.46. The van der Waals surface area contributed by atoms with E-state index < -0.39 is 0 Å². The van der Waals surface area contributed by atoms with Gasteiger partial charge in [-0.3, -0.25) is 0 Å². The van der Waals surface area contributed by atoms with Crippen LogP contribution in [0.3, 0.4) is 0 Å². The van der Waals surface area contributed by atoms with Crippen LogP contribution in [0.2, 0.25) is 0 Å². The summed E-state index contributed by atoms with van der Waals surface area (Å²) in [6.07, 6.45) is 0. The highest BCUT2D eigenvalue weighted by atomic mass is 15.1. The third-order valence-corrected chi connectivity index (χ3v) is 13.1. The van der Waals surface area contributed by atoms with Crippen LogP contribution in [0.15, 0.2) is 249 Å². The Balaban J connectivity index is 1.08. The maximum atomic E-state index is 2.46. The van der Waals surface area contributed by atoms with Gasteiger partial charge < -0.3 is 4.90 Å². The number of hydrogen-bond donors (Lipinski definition) is 0. The number of hydrogen-bond acceptors (Lipinski definition) is 1. The quantitative estimate of drug-likeness (QED) is 0.140. The molecule has 0 aliphatic heterocycles. The smallest absolute Gasteiger partial charge is 0.0540 e. The third kappa shape index (κ3) is 7.02. The highest BCUT2D eigenvalue weighted by molar-refractivity contribution is 5.98. The monoisotopic (exact) mass is 817 g/mol. The first kappa shape index (κ1) is 38.9. The van der Waals surface area contributed by atoms with E-state index in [1.807, 2.05) is 0 Å². The van der Waals surface area contributed by atoms with Gasteiger partial charge in [-0.25, -0.2) is 0 Å². The normalized spacial score (nSPS) is 12.3. The Hall–Kier alpha value is -8.00. The minimum atomic E-state index is -0.0905. The van der Waals surface area contributed by atoms with Gasteiger partial charge in [0.1, 0.15) is 0 Å². The van der Waals surface area contributed by atoms with Crippen molar-refractivity contribution in [3.63, 3.8) is 0 Å². The number of benzene rings is 10. The number of rotatable bonds is 9. The number of fused-ring (bicyclic) bond motifs is 3. The van der Waals surface area contributed by atoms with Gasteiger partial charge >= 0.3 is 0 Å². The second-order valence-electron chi connectivity index (χ2n) is 17.3. The first-order valence-electron chi connectivity index (χ1n) is 22.3. The summed E-state index contributed by atoms with van der Waals surface area (Å²) in [5, 5.41) is 0. The topological polar surface area (TPSA) is 3.24 Å². The Labute approximate surface area is 377 Å². The minimum Gasteiger partial charge on any atom is -0.310 e. The summed E-state index contributed by atoms with van der Waals surface area (Å²) < 4.78 is 0. The molecule has 11 rings (SSSR count). The molecule has 1 aliphatic carbocycles. The van der Waals surface area contributed by atoms with E-state index in [1.165, 1.54) is 83.5 Å². The largest absolute Gasteiger partial charge is 0.310 e. The van der Waals surface area contributed by atoms with Gasteiger partial charge in [-0.05, 0) is 132 Å². The van der Waals surface area contributed by atoms with E-state index in [0.717, 1.165) is 22.6 Å². The second-order valence-corrected chi connectivity index (χ2v) is 17.3. The van der Waals surface area contributed by atoms with Crippen LogP contribution < -0.4 is 4.90 Å². The van der Waals surface area contributed by atoms with Crippen LogP contribution >= 0.6 is 0 Å². The zero-order chi connectivity index (χ0) is 43.0. The molecule has 0 N–H and O–H groups in total. The lowest BCUT2D eigenvalue weighted by Crippen LogP contribution is -2.15. The van der Waals surface area contributed by atoms with Crippen molar-refractivity contribution in [2.45, 2.75) is 19.3 Å². The molecule has 10 aromatic rings. The van der Waals surface area contributed by atoms with E-state index in [0.29, 0.717) is 0 Å². The molecule has 0 radical (unpaired) electrons. The Bertz CT molecular complexity index is 3210. The summed E-state index contributed by atoms with van der Waals surface area (Å²) in [6.45, 7) is 4.70. The van der Waals surface area contributed by atoms with E-state index in [4.69, 9.17) is 0 Å². The molecule has 1 nitrogen and oxygen atoms in total. The lowest BCUT2D eigenvalue weighted by molar-refractivity contribution is 0.660. The molecular formula is C63H47N. The Kier molecular flexibility index (Phi) is 9.94. The molecule has 304 valence electrons. The summed E-state index contributed by atoms with van der Waals surface area (Å²) in [7, 11) is 0. The molecule has 0 heterocycles. The molecule has 0 aromatic heterocycles. The van der Waals surface area contributed by atoms with Crippen LogP contribution in [-0.4, -0.2) is 0 Å². The SMILES string of the molecule is CC1(C)c2ccccc2-c2cc(N(c3ccc(-c4cc(-c5ccccc5)cc(-c5ccccc5)c4)cc3)c3ccccc3-c3ccccc3-c3ccccc3-c3ccccc3)ccc21. The van der Waals surface area contributed by atoms with Gasteiger partial charge in [-0.1, -0.05) is 214 Å². The Morgan fingerprint density at radius 2 is 0.641 bits per heavy atom. The average Bonchev–Trinajstić information content (AvgIpc) is 3.60. The Morgan fingerprint density at radius 1 is 0.250 bits per heavy atom. The molecule has 0 spiro atoms. The van der Waals surface area contributed by atoms with E-state index in [-0.39, 0.29) is 5.41 Å². The maximum Gasteiger partial charge on any atom is 0.0540 e. The van der Waals surface area contributed by atoms with Crippen LogP contribution in [0.4, 0.5) is 17.1 Å². The highest BCUT2D eigenvalue weighted by Gasteiger charge is 2.35. The number of anilines is 3. The lowest BCUT2D eigenvalue weighted by atomic mass is 9.82. The average molecular weight is 818 g/mol. The van der Waals surface area contributed by atoms with Gasteiger partial charge in [0.05, 0.1) is 5.69 Å². The van der Waals surface area contributed by atoms with Crippen molar-refractivity contribution >= 4 is 17.1 Å². The van der Waals surface area contributed by atoms with Gasteiger partial charge in [0.2, 0.25) is 0 Å². The lowest BCUT2D eigenvalue weighted by Gasteiger charge is -2.29. The van der Waals surface area contributed by atoms with E-state index in [1.54, 1.807) is 0 Å². The summed E-state index contributed by atoms with van der Waals surface area (Å²) >= 11 is 0.